The van der Waals surface area contributed by atoms with Crippen molar-refractivity contribution in [1.82, 2.24) is 30.5 Å². The van der Waals surface area contributed by atoms with E-state index in [1.807, 2.05) is 0 Å². The largest absolute Gasteiger partial charge is 0.377 e. The zero-order chi connectivity index (χ0) is 41.5. The van der Waals surface area contributed by atoms with Crippen molar-refractivity contribution in [3.05, 3.63) is 24.0 Å². The third-order valence-corrected chi connectivity index (χ3v) is 8.76. The average Bonchev–Trinajstić information content (AvgIpc) is 3.81. The molecule has 58 heavy (non-hydrogen) atoms. The molecule has 1 saturated carbocycles. The number of rotatable bonds is 36. The molecule has 0 spiro atoms. The van der Waals surface area contributed by atoms with Crippen LogP contribution in [0, 0.1) is 11.8 Å². The smallest absolute Gasteiger partial charge is 0.253 e. The Hall–Kier alpha value is -3.73. The van der Waals surface area contributed by atoms with Gasteiger partial charge in [0.2, 0.25) is 11.8 Å². The SMILES string of the molecule is CC(=O)COCC(=O)NCCOCCOCCOCCOCCOCCOCCOCCOCCn1cc(CNC(=O)C2CCC(CN3C(=O)C=CC3=O)CC2)nn1. The van der Waals surface area contributed by atoms with Gasteiger partial charge in [0.1, 0.15) is 18.9 Å². The lowest BCUT2D eigenvalue weighted by atomic mass is 9.81. The minimum Gasteiger partial charge on any atom is -0.377 e. The first-order valence-corrected chi connectivity index (χ1v) is 20.0. The van der Waals surface area contributed by atoms with Gasteiger partial charge in [-0.05, 0) is 38.5 Å². The van der Waals surface area contributed by atoms with E-state index in [4.69, 9.17) is 42.6 Å². The van der Waals surface area contributed by atoms with Crippen molar-refractivity contribution in [3.8, 4) is 0 Å². The summed E-state index contributed by atoms with van der Waals surface area (Å²) in [5, 5.41) is 13.8. The summed E-state index contributed by atoms with van der Waals surface area (Å²) in [5.41, 5.74) is 0.665. The molecule has 328 valence electrons. The Morgan fingerprint density at radius 3 is 1.62 bits per heavy atom. The quantitative estimate of drug-likeness (QED) is 0.0641. The molecule has 1 aliphatic heterocycles. The molecule has 20 heteroatoms. The highest BCUT2D eigenvalue weighted by atomic mass is 16.6. The van der Waals surface area contributed by atoms with E-state index in [0.29, 0.717) is 138 Å². The number of ether oxygens (including phenoxy) is 9. The molecule has 1 aromatic rings. The summed E-state index contributed by atoms with van der Waals surface area (Å²) in [7, 11) is 0. The fourth-order valence-corrected chi connectivity index (χ4v) is 5.73. The van der Waals surface area contributed by atoms with E-state index in [2.05, 4.69) is 20.9 Å². The minimum absolute atomic E-state index is 0.0132. The highest BCUT2D eigenvalue weighted by molar-refractivity contribution is 6.12. The second-order valence-electron chi connectivity index (χ2n) is 13.5. The zero-order valence-corrected chi connectivity index (χ0v) is 33.8. The van der Waals surface area contributed by atoms with E-state index < -0.39 is 0 Å². The molecule has 4 amide bonds. The summed E-state index contributed by atoms with van der Waals surface area (Å²) >= 11 is 0. The molecule has 0 bridgehead atoms. The molecule has 2 aliphatic rings. The first kappa shape index (κ1) is 48.6. The summed E-state index contributed by atoms with van der Waals surface area (Å²) < 4.78 is 50.5. The van der Waals surface area contributed by atoms with Gasteiger partial charge in [-0.15, -0.1) is 5.10 Å². The maximum atomic E-state index is 12.7. The van der Waals surface area contributed by atoms with Crippen molar-refractivity contribution < 1.29 is 66.6 Å². The van der Waals surface area contributed by atoms with Crippen LogP contribution in [0.5, 0.6) is 0 Å². The van der Waals surface area contributed by atoms with Gasteiger partial charge in [-0.25, -0.2) is 4.68 Å². The van der Waals surface area contributed by atoms with Crippen LogP contribution in [0.1, 0.15) is 38.3 Å². The topological polar surface area (TPSA) is 226 Å². The van der Waals surface area contributed by atoms with Crippen molar-refractivity contribution in [2.75, 3.05) is 132 Å². The maximum Gasteiger partial charge on any atom is 0.253 e. The Balaban J connectivity index is 0.982. The van der Waals surface area contributed by atoms with Crippen LogP contribution in [-0.4, -0.2) is 181 Å². The average molecular weight is 827 g/mol. The number of carbonyl (C=O) groups is 5. The molecule has 1 fully saturated rings. The molecule has 0 radical (unpaired) electrons. The van der Waals surface area contributed by atoms with Gasteiger partial charge in [0, 0.05) is 31.2 Å². The fraction of sp³-hybridized carbons (Fsp3) is 0.763. The van der Waals surface area contributed by atoms with Gasteiger partial charge in [0.15, 0.2) is 5.78 Å². The molecule has 0 saturated heterocycles. The van der Waals surface area contributed by atoms with Gasteiger partial charge in [-0.3, -0.25) is 28.9 Å². The van der Waals surface area contributed by atoms with Gasteiger partial charge in [0.25, 0.3) is 11.8 Å². The monoisotopic (exact) mass is 826 g/mol. The van der Waals surface area contributed by atoms with Crippen molar-refractivity contribution in [1.29, 1.82) is 0 Å². The van der Waals surface area contributed by atoms with Crippen molar-refractivity contribution >= 4 is 29.4 Å². The number of hydrogen-bond acceptors (Lipinski definition) is 16. The third kappa shape index (κ3) is 23.0. The van der Waals surface area contributed by atoms with Gasteiger partial charge in [-0.1, -0.05) is 5.21 Å². The molecular formula is C38H62N6O14. The predicted molar refractivity (Wildman–Crippen MR) is 204 cm³/mol. The number of aromatic nitrogens is 3. The number of amides is 4. The van der Waals surface area contributed by atoms with Gasteiger partial charge in [0.05, 0.1) is 125 Å². The van der Waals surface area contributed by atoms with Crippen LogP contribution in [0.25, 0.3) is 0 Å². The third-order valence-electron chi connectivity index (χ3n) is 8.76. The number of Topliss-reactive ketones (excluding diaryl/α,β-unsaturated/α-hetero) is 1. The van der Waals surface area contributed by atoms with E-state index >= 15 is 0 Å². The summed E-state index contributed by atoms with van der Waals surface area (Å²) in [4.78, 5) is 59.8. The van der Waals surface area contributed by atoms with Crippen LogP contribution in [0.4, 0.5) is 0 Å². The Bertz CT molecular complexity index is 1340. The lowest BCUT2D eigenvalue weighted by molar-refractivity contribution is -0.138. The first-order valence-electron chi connectivity index (χ1n) is 20.0. The van der Waals surface area contributed by atoms with Crippen LogP contribution in [0.2, 0.25) is 0 Å². The van der Waals surface area contributed by atoms with E-state index in [1.54, 1.807) is 10.9 Å². The van der Waals surface area contributed by atoms with Crippen molar-refractivity contribution in [3.63, 3.8) is 0 Å². The second-order valence-corrected chi connectivity index (χ2v) is 13.5. The van der Waals surface area contributed by atoms with Crippen LogP contribution in [0.3, 0.4) is 0 Å². The molecule has 1 aromatic heterocycles. The number of nitrogens with one attached hydrogen (secondary N) is 2. The molecule has 20 nitrogen and oxygen atoms in total. The standard InChI is InChI=1S/C38H62N6O14/c1-31(45)29-58-30-35(46)39-8-10-50-12-14-52-16-18-54-20-22-56-24-25-57-23-21-55-19-17-53-15-13-51-11-9-43-28-34(41-42-43)26-40-38(49)33-4-2-32(3-5-33)27-44-36(47)6-7-37(44)48/h6-7,28,32-33H,2-5,8-27,29-30H2,1H3,(H,39,46)(H,40,49). The summed E-state index contributed by atoms with van der Waals surface area (Å²) in [6.07, 6.45) is 7.44. The number of imide groups is 1. The van der Waals surface area contributed by atoms with Gasteiger partial charge < -0.3 is 53.3 Å². The van der Waals surface area contributed by atoms with Gasteiger partial charge in [-0.2, -0.15) is 0 Å². The first-order chi connectivity index (χ1) is 28.3. The predicted octanol–water partition coefficient (Wildman–Crippen LogP) is -0.520. The minimum atomic E-state index is -0.295. The van der Waals surface area contributed by atoms with Crippen LogP contribution < -0.4 is 10.6 Å². The van der Waals surface area contributed by atoms with Crippen LogP contribution in [-0.2, 0) is 79.7 Å². The molecular weight excluding hydrogens is 764 g/mol. The molecule has 0 aromatic carbocycles. The fourth-order valence-electron chi connectivity index (χ4n) is 5.73. The Morgan fingerprint density at radius 1 is 0.638 bits per heavy atom. The molecule has 0 unspecified atom stereocenters. The molecule has 0 atom stereocenters. The van der Waals surface area contributed by atoms with E-state index in [-0.39, 0.29) is 54.5 Å². The number of carbonyl (C=O) groups excluding carboxylic acids is 5. The number of hydrogen-bond donors (Lipinski definition) is 2. The Labute approximate surface area is 339 Å². The Morgan fingerprint density at radius 2 is 1.12 bits per heavy atom. The highest BCUT2D eigenvalue weighted by Gasteiger charge is 2.31. The molecule has 1 aliphatic carbocycles. The van der Waals surface area contributed by atoms with Crippen LogP contribution >= 0.6 is 0 Å². The summed E-state index contributed by atoms with van der Waals surface area (Å²) in [6.45, 7) is 9.79. The van der Waals surface area contributed by atoms with Crippen molar-refractivity contribution in [2.45, 2.75) is 45.7 Å². The van der Waals surface area contributed by atoms with E-state index in [9.17, 15) is 24.0 Å². The van der Waals surface area contributed by atoms with Gasteiger partial charge >= 0.3 is 0 Å². The molecule has 3 rings (SSSR count). The summed E-state index contributed by atoms with van der Waals surface area (Å²) in [5.74, 6) is -0.819. The molecule has 2 N–H and O–H groups in total. The number of nitrogens with zero attached hydrogens (tertiary/aromatic N) is 4. The maximum absolute atomic E-state index is 12.7. The van der Waals surface area contributed by atoms with Crippen molar-refractivity contribution in [2.24, 2.45) is 11.8 Å². The lowest BCUT2D eigenvalue weighted by Crippen LogP contribution is -2.38. The highest BCUT2D eigenvalue weighted by Crippen LogP contribution is 2.30. The van der Waals surface area contributed by atoms with E-state index in [0.717, 1.165) is 25.7 Å². The summed E-state index contributed by atoms with van der Waals surface area (Å²) in [6, 6.07) is 0. The lowest BCUT2D eigenvalue weighted by Gasteiger charge is -2.29. The number of ketones is 1. The molecule has 2 heterocycles. The van der Waals surface area contributed by atoms with E-state index in [1.165, 1.54) is 24.0 Å². The zero-order valence-electron chi connectivity index (χ0n) is 33.8. The Kier molecular flexibility index (Phi) is 26.2. The normalized spacial score (nSPS) is 16.7. The second kappa shape index (κ2) is 31.2. The van der Waals surface area contributed by atoms with Crippen LogP contribution in [0.15, 0.2) is 18.3 Å².